The third kappa shape index (κ3) is 2.99. The normalized spacial score (nSPS) is 20.3. The van der Waals surface area contributed by atoms with E-state index in [4.69, 9.17) is 18.0 Å². The molecule has 0 bridgehead atoms. The lowest BCUT2D eigenvalue weighted by Crippen LogP contribution is -2.46. The van der Waals surface area contributed by atoms with Gasteiger partial charge >= 0.3 is 0 Å². The zero-order valence-corrected chi connectivity index (χ0v) is 11.6. The number of hydrogen-bond donors (Lipinski definition) is 0. The minimum Gasteiger partial charge on any atom is -0.354 e. The van der Waals surface area contributed by atoms with Gasteiger partial charge in [-0.1, -0.05) is 17.5 Å². The number of terminal acetylenes is 1. The minimum absolute atomic E-state index is 0.528. The molecule has 3 rings (SSSR count). The second kappa shape index (κ2) is 5.36. The Morgan fingerprint density at radius 3 is 2.63 bits per heavy atom. The summed E-state index contributed by atoms with van der Waals surface area (Å²) in [4.78, 5) is 13.5. The van der Waals surface area contributed by atoms with Crippen LogP contribution in [0, 0.1) is 12.3 Å². The molecule has 0 unspecified atom stereocenters. The summed E-state index contributed by atoms with van der Waals surface area (Å²) in [5.41, 5.74) is 0. The van der Waals surface area contributed by atoms with E-state index >= 15 is 0 Å². The zero-order chi connectivity index (χ0) is 13.2. The molecule has 5 heteroatoms. The largest absolute Gasteiger partial charge is 0.354 e. The molecule has 0 amide bonds. The molecule has 1 aromatic heterocycles. The van der Waals surface area contributed by atoms with Crippen LogP contribution in [0.15, 0.2) is 6.07 Å². The van der Waals surface area contributed by atoms with Crippen LogP contribution in [0.5, 0.6) is 0 Å². The highest BCUT2D eigenvalue weighted by Gasteiger charge is 2.28. The van der Waals surface area contributed by atoms with E-state index in [-0.39, 0.29) is 0 Å². The average molecular weight is 277 g/mol. The molecule has 2 heterocycles. The Kier molecular flexibility index (Phi) is 3.58. The molecule has 19 heavy (non-hydrogen) atoms. The average Bonchev–Trinajstić information content (AvgIpc) is 3.23. The number of halogens is 1. The first-order valence-electron chi connectivity index (χ1n) is 6.71. The molecule has 0 atom stereocenters. The van der Waals surface area contributed by atoms with Crippen LogP contribution in [-0.4, -0.2) is 47.6 Å². The third-order valence-corrected chi connectivity index (χ3v) is 3.85. The van der Waals surface area contributed by atoms with Crippen molar-refractivity contribution in [2.45, 2.75) is 18.8 Å². The molecule has 1 aliphatic carbocycles. The molecular formula is C14H17ClN4. The van der Waals surface area contributed by atoms with E-state index in [1.54, 1.807) is 0 Å². The van der Waals surface area contributed by atoms with Gasteiger partial charge in [-0.25, -0.2) is 9.97 Å². The molecule has 100 valence electrons. The van der Waals surface area contributed by atoms with E-state index in [2.05, 4.69) is 25.7 Å². The molecule has 1 saturated carbocycles. The molecular weight excluding hydrogens is 260 g/mol. The van der Waals surface area contributed by atoms with Crippen LogP contribution in [0.25, 0.3) is 0 Å². The van der Waals surface area contributed by atoms with Crippen LogP contribution in [-0.2, 0) is 0 Å². The predicted molar refractivity (Wildman–Crippen MR) is 76.5 cm³/mol. The van der Waals surface area contributed by atoms with Gasteiger partial charge in [-0.3, -0.25) is 4.90 Å². The lowest BCUT2D eigenvalue weighted by molar-refractivity contribution is 0.287. The van der Waals surface area contributed by atoms with E-state index in [0.29, 0.717) is 11.1 Å². The minimum atomic E-state index is 0.528. The van der Waals surface area contributed by atoms with E-state index in [1.807, 2.05) is 6.07 Å². The lowest BCUT2D eigenvalue weighted by Gasteiger charge is -2.34. The van der Waals surface area contributed by atoms with Crippen LogP contribution >= 0.6 is 11.6 Å². The first kappa shape index (κ1) is 12.7. The van der Waals surface area contributed by atoms with Gasteiger partial charge in [-0.2, -0.15) is 0 Å². The topological polar surface area (TPSA) is 32.3 Å². The van der Waals surface area contributed by atoms with Gasteiger partial charge in [-0.05, 0) is 12.8 Å². The van der Waals surface area contributed by atoms with Gasteiger partial charge in [0.2, 0.25) is 0 Å². The predicted octanol–water partition coefficient (Wildman–Crippen LogP) is 1.76. The zero-order valence-electron chi connectivity index (χ0n) is 10.8. The maximum absolute atomic E-state index is 6.10. The second-order valence-electron chi connectivity index (χ2n) is 5.15. The Morgan fingerprint density at radius 1 is 1.26 bits per heavy atom. The molecule has 4 nitrogen and oxygen atoms in total. The Hall–Kier alpha value is -1.31. The Labute approximate surface area is 118 Å². The molecule has 1 saturated heterocycles. The van der Waals surface area contributed by atoms with Crippen LogP contribution in [0.1, 0.15) is 24.6 Å². The van der Waals surface area contributed by atoms with Crippen LogP contribution in [0.3, 0.4) is 0 Å². The molecule has 1 aromatic rings. The summed E-state index contributed by atoms with van der Waals surface area (Å²) in [6.07, 6.45) is 7.72. The number of nitrogens with zero attached hydrogens (tertiary/aromatic N) is 4. The van der Waals surface area contributed by atoms with Crippen molar-refractivity contribution >= 4 is 17.4 Å². The summed E-state index contributed by atoms with van der Waals surface area (Å²) in [5, 5.41) is 0.554. The molecule has 2 fully saturated rings. The quantitative estimate of drug-likeness (QED) is 0.622. The summed E-state index contributed by atoms with van der Waals surface area (Å²) in [5.74, 6) is 5.09. The van der Waals surface area contributed by atoms with Gasteiger partial charge in [0.1, 0.15) is 16.8 Å². The SMILES string of the molecule is C#CCN1CCN(c2cc(Cl)nc(C3CC3)n2)CC1. The first-order valence-corrected chi connectivity index (χ1v) is 7.09. The summed E-state index contributed by atoms with van der Waals surface area (Å²) in [7, 11) is 0. The van der Waals surface area contributed by atoms with Gasteiger partial charge in [0, 0.05) is 38.2 Å². The first-order chi connectivity index (χ1) is 9.26. The summed E-state index contributed by atoms with van der Waals surface area (Å²) < 4.78 is 0. The number of aromatic nitrogens is 2. The summed E-state index contributed by atoms with van der Waals surface area (Å²) in [6.45, 7) is 4.57. The van der Waals surface area contributed by atoms with Gasteiger partial charge < -0.3 is 4.90 Å². The number of anilines is 1. The fourth-order valence-electron chi connectivity index (χ4n) is 2.37. The van der Waals surface area contributed by atoms with Crippen LogP contribution in [0.4, 0.5) is 5.82 Å². The highest BCUT2D eigenvalue weighted by atomic mass is 35.5. The smallest absolute Gasteiger partial charge is 0.135 e. The Morgan fingerprint density at radius 2 is 2.00 bits per heavy atom. The monoisotopic (exact) mass is 276 g/mol. The van der Waals surface area contributed by atoms with E-state index in [0.717, 1.165) is 44.4 Å². The Balaban J connectivity index is 1.71. The fourth-order valence-corrected chi connectivity index (χ4v) is 2.56. The van der Waals surface area contributed by atoms with Gasteiger partial charge in [-0.15, -0.1) is 6.42 Å². The summed E-state index contributed by atoms with van der Waals surface area (Å²) in [6, 6.07) is 1.87. The highest BCUT2D eigenvalue weighted by molar-refractivity contribution is 6.29. The van der Waals surface area contributed by atoms with Gasteiger partial charge in [0.15, 0.2) is 0 Å². The molecule has 0 N–H and O–H groups in total. The summed E-state index contributed by atoms with van der Waals surface area (Å²) >= 11 is 6.10. The van der Waals surface area contributed by atoms with Crippen molar-refractivity contribution < 1.29 is 0 Å². The fraction of sp³-hybridized carbons (Fsp3) is 0.571. The van der Waals surface area contributed by atoms with Crippen LogP contribution < -0.4 is 4.90 Å². The lowest BCUT2D eigenvalue weighted by atomic mass is 10.3. The maximum atomic E-state index is 6.10. The van der Waals surface area contributed by atoms with Crippen molar-refractivity contribution in [3.05, 3.63) is 17.0 Å². The number of piperazine rings is 1. The standard InChI is InChI=1S/C14H17ClN4/c1-2-5-18-6-8-19(9-7-18)13-10-12(15)16-14(17-13)11-3-4-11/h1,10-11H,3-9H2. The molecule has 2 aliphatic rings. The van der Waals surface area contributed by atoms with Crippen LogP contribution in [0.2, 0.25) is 5.15 Å². The highest BCUT2D eigenvalue weighted by Crippen LogP contribution is 2.39. The Bertz CT molecular complexity index is 499. The van der Waals surface area contributed by atoms with E-state index in [1.165, 1.54) is 12.8 Å². The maximum Gasteiger partial charge on any atom is 0.135 e. The molecule has 0 aromatic carbocycles. The van der Waals surface area contributed by atoms with Gasteiger partial charge in [0.25, 0.3) is 0 Å². The van der Waals surface area contributed by atoms with Crippen molar-refractivity contribution in [1.82, 2.24) is 14.9 Å². The van der Waals surface area contributed by atoms with Crippen molar-refractivity contribution in [3.63, 3.8) is 0 Å². The van der Waals surface area contributed by atoms with Gasteiger partial charge in [0.05, 0.1) is 6.54 Å². The molecule has 0 spiro atoms. The van der Waals surface area contributed by atoms with E-state index < -0.39 is 0 Å². The number of rotatable bonds is 3. The molecule has 1 aliphatic heterocycles. The van der Waals surface area contributed by atoms with E-state index in [9.17, 15) is 0 Å². The third-order valence-electron chi connectivity index (χ3n) is 3.65. The van der Waals surface area contributed by atoms with Crippen molar-refractivity contribution in [3.8, 4) is 12.3 Å². The second-order valence-corrected chi connectivity index (χ2v) is 5.54. The van der Waals surface area contributed by atoms with Crippen molar-refractivity contribution in [2.75, 3.05) is 37.6 Å². The molecule has 0 radical (unpaired) electrons. The number of hydrogen-bond acceptors (Lipinski definition) is 4. The van der Waals surface area contributed by atoms with Crippen molar-refractivity contribution in [2.24, 2.45) is 0 Å². The van der Waals surface area contributed by atoms with Crippen molar-refractivity contribution in [1.29, 1.82) is 0 Å².